The van der Waals surface area contributed by atoms with E-state index in [0.29, 0.717) is 21.9 Å². The molecule has 0 bridgehead atoms. The van der Waals surface area contributed by atoms with Crippen LogP contribution in [0.15, 0.2) is 36.4 Å². The molecule has 1 aliphatic rings. The van der Waals surface area contributed by atoms with E-state index in [4.69, 9.17) is 16.3 Å². The average Bonchev–Trinajstić information content (AvgIpc) is 2.39. The van der Waals surface area contributed by atoms with E-state index in [9.17, 15) is 13.9 Å². The molecule has 20 heavy (non-hydrogen) atoms. The van der Waals surface area contributed by atoms with Gasteiger partial charge >= 0.3 is 0 Å². The van der Waals surface area contributed by atoms with Gasteiger partial charge in [0.2, 0.25) is 0 Å². The monoisotopic (exact) mass is 296 g/mol. The number of hydrogen-bond donors (Lipinski definition) is 1. The van der Waals surface area contributed by atoms with Crippen LogP contribution in [0.5, 0.6) is 5.75 Å². The van der Waals surface area contributed by atoms with Gasteiger partial charge in [-0.3, -0.25) is 0 Å². The Morgan fingerprint density at radius 1 is 1.10 bits per heavy atom. The number of benzene rings is 2. The Kier molecular flexibility index (Phi) is 3.36. The molecule has 2 nitrogen and oxygen atoms in total. The molecule has 0 saturated heterocycles. The van der Waals surface area contributed by atoms with Crippen molar-refractivity contribution in [2.24, 2.45) is 0 Å². The third-order valence-electron chi connectivity index (χ3n) is 3.35. The SMILES string of the molecule is O[C@H]1CC(c2ccc(Cl)cc2F)Oc2ccc(F)cc21. The molecule has 0 aromatic heterocycles. The summed E-state index contributed by atoms with van der Waals surface area (Å²) in [6, 6.07) is 8.21. The van der Waals surface area contributed by atoms with Crippen LogP contribution in [0.4, 0.5) is 8.78 Å². The molecule has 0 amide bonds. The standard InChI is InChI=1S/C15H11ClF2O2/c16-8-1-3-10(12(18)5-8)15-7-13(19)11-6-9(17)2-4-14(11)20-15/h1-6,13,15,19H,7H2/t13-,15?/m0/s1. The lowest BCUT2D eigenvalue weighted by atomic mass is 9.94. The Morgan fingerprint density at radius 3 is 2.65 bits per heavy atom. The van der Waals surface area contributed by atoms with Crippen LogP contribution < -0.4 is 4.74 Å². The number of hydrogen-bond acceptors (Lipinski definition) is 2. The minimum absolute atomic E-state index is 0.162. The van der Waals surface area contributed by atoms with Crippen LogP contribution >= 0.6 is 11.6 Å². The predicted octanol–water partition coefficient (Wildman–Crippen LogP) is 4.18. The molecule has 2 atom stereocenters. The zero-order chi connectivity index (χ0) is 14.3. The minimum Gasteiger partial charge on any atom is -0.485 e. The largest absolute Gasteiger partial charge is 0.485 e. The summed E-state index contributed by atoms with van der Waals surface area (Å²) < 4.78 is 32.7. The highest BCUT2D eigenvalue weighted by Gasteiger charge is 2.30. The van der Waals surface area contributed by atoms with Gasteiger partial charge in [-0.1, -0.05) is 17.7 Å². The van der Waals surface area contributed by atoms with E-state index < -0.39 is 23.8 Å². The van der Waals surface area contributed by atoms with Crippen LogP contribution in [-0.2, 0) is 0 Å². The van der Waals surface area contributed by atoms with Gasteiger partial charge in [0.1, 0.15) is 23.5 Å². The number of aliphatic hydroxyl groups is 1. The molecule has 1 unspecified atom stereocenters. The molecular weight excluding hydrogens is 286 g/mol. The maximum absolute atomic E-state index is 13.9. The molecule has 0 radical (unpaired) electrons. The number of rotatable bonds is 1. The summed E-state index contributed by atoms with van der Waals surface area (Å²) in [5.74, 6) is -0.563. The van der Waals surface area contributed by atoms with E-state index >= 15 is 0 Å². The number of aliphatic hydroxyl groups excluding tert-OH is 1. The lowest BCUT2D eigenvalue weighted by Crippen LogP contribution is -2.20. The first-order chi connectivity index (χ1) is 9.54. The van der Waals surface area contributed by atoms with Gasteiger partial charge in [-0.15, -0.1) is 0 Å². The second-order valence-electron chi connectivity index (χ2n) is 4.71. The topological polar surface area (TPSA) is 29.5 Å². The van der Waals surface area contributed by atoms with Gasteiger partial charge in [0.05, 0.1) is 6.10 Å². The summed E-state index contributed by atoms with van der Waals surface area (Å²) in [5.41, 5.74) is 0.707. The molecule has 3 rings (SSSR count). The molecule has 1 heterocycles. The van der Waals surface area contributed by atoms with Gasteiger partial charge in [0.25, 0.3) is 0 Å². The van der Waals surface area contributed by atoms with Gasteiger partial charge in [0.15, 0.2) is 0 Å². The molecule has 0 saturated carbocycles. The smallest absolute Gasteiger partial charge is 0.131 e. The molecule has 1 aliphatic heterocycles. The van der Waals surface area contributed by atoms with Crippen molar-refractivity contribution in [3.8, 4) is 5.75 Å². The fraction of sp³-hybridized carbons (Fsp3) is 0.200. The average molecular weight is 297 g/mol. The second kappa shape index (κ2) is 5.04. The van der Waals surface area contributed by atoms with Crippen LogP contribution in [0, 0.1) is 11.6 Å². The van der Waals surface area contributed by atoms with Crippen LogP contribution in [0.2, 0.25) is 5.02 Å². The molecule has 5 heteroatoms. The minimum atomic E-state index is -0.894. The first kappa shape index (κ1) is 13.3. The fourth-order valence-corrected chi connectivity index (χ4v) is 2.53. The Morgan fingerprint density at radius 2 is 1.90 bits per heavy atom. The Balaban J connectivity index is 1.97. The molecular formula is C15H11ClF2O2. The summed E-state index contributed by atoms with van der Waals surface area (Å²) in [7, 11) is 0. The number of halogens is 3. The molecule has 0 spiro atoms. The molecule has 2 aromatic carbocycles. The third kappa shape index (κ3) is 2.37. The zero-order valence-corrected chi connectivity index (χ0v) is 11.1. The zero-order valence-electron chi connectivity index (χ0n) is 10.3. The quantitative estimate of drug-likeness (QED) is 0.855. The van der Waals surface area contributed by atoms with Crippen LogP contribution in [0.3, 0.4) is 0 Å². The maximum atomic E-state index is 13.9. The second-order valence-corrected chi connectivity index (χ2v) is 5.14. The van der Waals surface area contributed by atoms with Crippen molar-refractivity contribution in [3.63, 3.8) is 0 Å². The number of fused-ring (bicyclic) bond motifs is 1. The van der Waals surface area contributed by atoms with E-state index in [1.54, 1.807) is 6.07 Å². The van der Waals surface area contributed by atoms with Crippen LogP contribution in [0.1, 0.15) is 29.8 Å². The number of ether oxygens (including phenoxy) is 1. The van der Waals surface area contributed by atoms with Crippen molar-refractivity contribution in [2.75, 3.05) is 0 Å². The van der Waals surface area contributed by atoms with Gasteiger partial charge in [-0.2, -0.15) is 0 Å². The summed E-state index contributed by atoms with van der Waals surface area (Å²) in [6.07, 6.45) is -1.36. The third-order valence-corrected chi connectivity index (χ3v) is 3.58. The van der Waals surface area contributed by atoms with E-state index in [2.05, 4.69) is 0 Å². The van der Waals surface area contributed by atoms with Gasteiger partial charge in [-0.25, -0.2) is 8.78 Å². The highest BCUT2D eigenvalue weighted by molar-refractivity contribution is 6.30. The van der Waals surface area contributed by atoms with Crippen LogP contribution in [0.25, 0.3) is 0 Å². The molecule has 104 valence electrons. The summed E-state index contributed by atoms with van der Waals surface area (Å²) in [5, 5.41) is 10.4. The summed E-state index contributed by atoms with van der Waals surface area (Å²) in [6.45, 7) is 0. The van der Waals surface area contributed by atoms with Crippen molar-refractivity contribution in [3.05, 3.63) is 64.2 Å². The van der Waals surface area contributed by atoms with E-state index in [1.807, 2.05) is 0 Å². The highest BCUT2D eigenvalue weighted by atomic mass is 35.5. The predicted molar refractivity (Wildman–Crippen MR) is 70.8 cm³/mol. The van der Waals surface area contributed by atoms with Crippen molar-refractivity contribution in [2.45, 2.75) is 18.6 Å². The Bertz CT molecular complexity index is 660. The van der Waals surface area contributed by atoms with Crippen molar-refractivity contribution in [1.29, 1.82) is 0 Å². The lowest BCUT2D eigenvalue weighted by Gasteiger charge is -2.30. The lowest BCUT2D eigenvalue weighted by molar-refractivity contribution is 0.0636. The van der Waals surface area contributed by atoms with Crippen molar-refractivity contribution < 1.29 is 18.6 Å². The molecule has 0 fully saturated rings. The van der Waals surface area contributed by atoms with Crippen molar-refractivity contribution >= 4 is 11.6 Å². The van der Waals surface area contributed by atoms with Gasteiger partial charge < -0.3 is 9.84 Å². The van der Waals surface area contributed by atoms with E-state index in [1.165, 1.54) is 30.3 Å². The summed E-state index contributed by atoms with van der Waals surface area (Å²) >= 11 is 5.71. The molecule has 0 aliphatic carbocycles. The Labute approximate surface area is 119 Å². The Hall–Kier alpha value is -1.65. The first-order valence-corrected chi connectivity index (χ1v) is 6.51. The normalized spacial score (nSPS) is 21.2. The highest BCUT2D eigenvalue weighted by Crippen LogP contribution is 2.41. The van der Waals surface area contributed by atoms with E-state index in [-0.39, 0.29) is 6.42 Å². The van der Waals surface area contributed by atoms with Gasteiger partial charge in [0, 0.05) is 22.6 Å². The first-order valence-electron chi connectivity index (χ1n) is 6.13. The van der Waals surface area contributed by atoms with E-state index in [0.717, 1.165) is 0 Å². The fourth-order valence-electron chi connectivity index (χ4n) is 2.37. The van der Waals surface area contributed by atoms with Crippen LogP contribution in [-0.4, -0.2) is 5.11 Å². The van der Waals surface area contributed by atoms with Crippen molar-refractivity contribution in [1.82, 2.24) is 0 Å². The maximum Gasteiger partial charge on any atom is 0.131 e. The van der Waals surface area contributed by atoms with Gasteiger partial charge in [-0.05, 0) is 30.3 Å². The molecule has 2 aromatic rings. The molecule has 1 N–H and O–H groups in total. The summed E-state index contributed by atoms with van der Waals surface area (Å²) in [4.78, 5) is 0.